The van der Waals surface area contributed by atoms with Crippen LogP contribution in [0, 0.1) is 17.1 Å². The summed E-state index contributed by atoms with van der Waals surface area (Å²) in [6.07, 6.45) is 0. The zero-order valence-corrected chi connectivity index (χ0v) is 11.5. The number of aromatic carboxylic acids is 1. The van der Waals surface area contributed by atoms with E-state index in [1.54, 1.807) is 12.1 Å². The number of benzene rings is 2. The molecule has 0 unspecified atom stereocenters. The number of halogens is 2. The summed E-state index contributed by atoms with van der Waals surface area (Å²) in [5.41, 5.74) is 0.0458. The molecule has 2 aromatic rings. The van der Waals surface area contributed by atoms with Crippen molar-refractivity contribution in [2.24, 2.45) is 0 Å². The zero-order chi connectivity index (χ0) is 14.7. The molecule has 0 aliphatic heterocycles. The minimum Gasteiger partial charge on any atom is -0.478 e. The van der Waals surface area contributed by atoms with Crippen LogP contribution in [0.1, 0.15) is 15.9 Å². The number of hydrogen-bond donors (Lipinski definition) is 1. The highest BCUT2D eigenvalue weighted by molar-refractivity contribution is 7.99. The van der Waals surface area contributed by atoms with Crippen molar-refractivity contribution in [3.8, 4) is 6.07 Å². The third-order valence-electron chi connectivity index (χ3n) is 2.46. The highest BCUT2D eigenvalue weighted by atomic mass is 35.5. The van der Waals surface area contributed by atoms with Crippen LogP contribution in [0.4, 0.5) is 4.39 Å². The lowest BCUT2D eigenvalue weighted by Crippen LogP contribution is -2.00. The molecular formula is C14H7ClFNO2S. The van der Waals surface area contributed by atoms with Crippen LogP contribution in [-0.2, 0) is 0 Å². The van der Waals surface area contributed by atoms with Crippen molar-refractivity contribution in [1.29, 1.82) is 5.26 Å². The molecule has 3 nitrogen and oxygen atoms in total. The Bertz CT molecular complexity index is 728. The van der Waals surface area contributed by atoms with E-state index in [0.717, 1.165) is 6.07 Å². The van der Waals surface area contributed by atoms with Gasteiger partial charge in [0.15, 0.2) is 0 Å². The minimum absolute atomic E-state index is 0.384. The quantitative estimate of drug-likeness (QED) is 0.923. The van der Waals surface area contributed by atoms with Gasteiger partial charge in [-0.3, -0.25) is 0 Å². The molecule has 0 bridgehead atoms. The van der Waals surface area contributed by atoms with E-state index in [1.807, 2.05) is 6.07 Å². The smallest absolute Gasteiger partial charge is 0.338 e. The first-order valence-electron chi connectivity index (χ1n) is 5.41. The molecule has 0 atom stereocenters. The van der Waals surface area contributed by atoms with Crippen LogP contribution in [0.2, 0.25) is 5.02 Å². The lowest BCUT2D eigenvalue weighted by atomic mass is 10.2. The lowest BCUT2D eigenvalue weighted by molar-refractivity contribution is 0.0691. The van der Waals surface area contributed by atoms with Crippen molar-refractivity contribution in [3.63, 3.8) is 0 Å². The molecule has 0 saturated heterocycles. The highest BCUT2D eigenvalue weighted by Gasteiger charge is 2.12. The molecule has 6 heteroatoms. The molecule has 20 heavy (non-hydrogen) atoms. The molecule has 0 saturated carbocycles. The predicted octanol–water partition coefficient (Wildman–Crippen LogP) is 4.20. The van der Waals surface area contributed by atoms with Gasteiger partial charge in [-0.05, 0) is 36.4 Å². The SMILES string of the molecule is N#Cc1ccc(Sc2ccc(F)c(C(=O)O)c2)c(Cl)c1. The average molecular weight is 308 g/mol. The van der Waals surface area contributed by atoms with Gasteiger partial charge in [0.1, 0.15) is 5.82 Å². The van der Waals surface area contributed by atoms with Crippen molar-refractivity contribution < 1.29 is 14.3 Å². The zero-order valence-electron chi connectivity index (χ0n) is 9.93. The first-order chi connectivity index (χ1) is 9.51. The van der Waals surface area contributed by atoms with Gasteiger partial charge in [0.05, 0.1) is 22.2 Å². The molecule has 100 valence electrons. The fraction of sp³-hybridized carbons (Fsp3) is 0. The summed E-state index contributed by atoms with van der Waals surface area (Å²) in [6.45, 7) is 0. The van der Waals surface area contributed by atoms with Crippen molar-refractivity contribution >= 4 is 29.3 Å². The average Bonchev–Trinajstić information content (AvgIpc) is 2.42. The van der Waals surface area contributed by atoms with E-state index in [2.05, 4.69) is 0 Å². The summed E-state index contributed by atoms with van der Waals surface area (Å²) in [4.78, 5) is 12.1. The van der Waals surface area contributed by atoms with Crippen molar-refractivity contribution in [2.75, 3.05) is 0 Å². The Morgan fingerprint density at radius 3 is 2.65 bits per heavy atom. The Balaban J connectivity index is 2.33. The summed E-state index contributed by atoms with van der Waals surface area (Å²) < 4.78 is 13.3. The van der Waals surface area contributed by atoms with Gasteiger partial charge in [0, 0.05) is 9.79 Å². The maximum Gasteiger partial charge on any atom is 0.338 e. The third kappa shape index (κ3) is 3.10. The first kappa shape index (κ1) is 14.4. The molecule has 2 rings (SSSR count). The van der Waals surface area contributed by atoms with Gasteiger partial charge in [-0.1, -0.05) is 23.4 Å². The fourth-order valence-corrected chi connectivity index (χ4v) is 2.67. The molecular weight excluding hydrogens is 301 g/mol. The van der Waals surface area contributed by atoms with Crippen LogP contribution in [0.5, 0.6) is 0 Å². The van der Waals surface area contributed by atoms with Gasteiger partial charge >= 0.3 is 5.97 Å². The molecule has 0 spiro atoms. The monoisotopic (exact) mass is 307 g/mol. The topological polar surface area (TPSA) is 61.1 Å². The van der Waals surface area contributed by atoms with Crippen molar-refractivity contribution in [1.82, 2.24) is 0 Å². The van der Waals surface area contributed by atoms with Gasteiger partial charge in [-0.2, -0.15) is 5.26 Å². The van der Waals surface area contributed by atoms with E-state index >= 15 is 0 Å². The standard InChI is InChI=1S/C14H7ClFNO2S/c15-11-5-8(7-17)1-4-13(11)20-9-2-3-12(16)10(6-9)14(18)19/h1-6H,(H,18,19). The number of hydrogen-bond acceptors (Lipinski definition) is 3. The van der Waals surface area contributed by atoms with E-state index in [9.17, 15) is 9.18 Å². The Hall–Kier alpha value is -2.03. The maximum absolute atomic E-state index is 13.3. The first-order valence-corrected chi connectivity index (χ1v) is 6.61. The number of carbonyl (C=O) groups is 1. The van der Waals surface area contributed by atoms with Crippen LogP contribution < -0.4 is 0 Å². The van der Waals surface area contributed by atoms with E-state index in [0.29, 0.717) is 20.4 Å². The largest absolute Gasteiger partial charge is 0.478 e. The second kappa shape index (κ2) is 5.95. The minimum atomic E-state index is -1.32. The van der Waals surface area contributed by atoms with Crippen LogP contribution in [0.3, 0.4) is 0 Å². The van der Waals surface area contributed by atoms with E-state index in [-0.39, 0.29) is 5.56 Å². The molecule has 0 aliphatic rings. The normalized spacial score (nSPS) is 10.1. The summed E-state index contributed by atoms with van der Waals surface area (Å²) in [5.74, 6) is -2.11. The fourth-order valence-electron chi connectivity index (χ4n) is 1.51. The Labute approximate surface area is 123 Å². The second-order valence-corrected chi connectivity index (χ2v) is 5.33. The van der Waals surface area contributed by atoms with Gasteiger partial charge in [0.2, 0.25) is 0 Å². The van der Waals surface area contributed by atoms with Crippen LogP contribution >= 0.6 is 23.4 Å². The van der Waals surface area contributed by atoms with E-state index < -0.39 is 11.8 Å². The Morgan fingerprint density at radius 2 is 2.05 bits per heavy atom. The van der Waals surface area contributed by atoms with Crippen LogP contribution in [0.15, 0.2) is 46.2 Å². The number of carboxylic acids is 1. The number of carboxylic acid groups (broad SMARTS) is 1. The number of rotatable bonds is 3. The third-order valence-corrected chi connectivity index (χ3v) is 3.95. The van der Waals surface area contributed by atoms with E-state index in [4.69, 9.17) is 22.0 Å². The molecule has 0 radical (unpaired) electrons. The Kier molecular flexibility index (Phi) is 4.28. The predicted molar refractivity (Wildman–Crippen MR) is 73.6 cm³/mol. The van der Waals surface area contributed by atoms with Crippen LogP contribution in [-0.4, -0.2) is 11.1 Å². The van der Waals surface area contributed by atoms with Gasteiger partial charge in [0.25, 0.3) is 0 Å². The van der Waals surface area contributed by atoms with Crippen molar-refractivity contribution in [3.05, 3.63) is 58.4 Å². The number of nitriles is 1. The van der Waals surface area contributed by atoms with Gasteiger partial charge < -0.3 is 5.11 Å². The summed E-state index contributed by atoms with van der Waals surface area (Å²) >= 11 is 7.23. The number of nitrogens with zero attached hydrogens (tertiary/aromatic N) is 1. The molecule has 0 fully saturated rings. The molecule has 0 aliphatic carbocycles. The molecule has 0 heterocycles. The summed E-state index contributed by atoms with van der Waals surface area (Å²) in [5, 5.41) is 18.0. The second-order valence-electron chi connectivity index (χ2n) is 3.81. The Morgan fingerprint density at radius 1 is 1.30 bits per heavy atom. The molecule has 0 aromatic heterocycles. The van der Waals surface area contributed by atoms with Gasteiger partial charge in [-0.25, -0.2) is 9.18 Å². The van der Waals surface area contributed by atoms with Crippen molar-refractivity contribution in [2.45, 2.75) is 9.79 Å². The lowest BCUT2D eigenvalue weighted by Gasteiger charge is -2.06. The molecule has 1 N–H and O–H groups in total. The molecule has 2 aromatic carbocycles. The maximum atomic E-state index is 13.3. The summed E-state index contributed by atoms with van der Waals surface area (Å²) in [6, 6.07) is 10.6. The van der Waals surface area contributed by atoms with E-state index in [1.165, 1.54) is 30.0 Å². The summed E-state index contributed by atoms with van der Waals surface area (Å²) in [7, 11) is 0. The van der Waals surface area contributed by atoms with Crippen LogP contribution in [0.25, 0.3) is 0 Å². The molecule has 0 amide bonds. The highest BCUT2D eigenvalue weighted by Crippen LogP contribution is 2.34. The van der Waals surface area contributed by atoms with Gasteiger partial charge in [-0.15, -0.1) is 0 Å².